The Bertz CT molecular complexity index is 544. The van der Waals surface area contributed by atoms with Crippen LogP contribution < -0.4 is 5.32 Å². The number of likely N-dealkylation sites (tertiary alicyclic amines) is 1. The summed E-state index contributed by atoms with van der Waals surface area (Å²) in [6.45, 7) is 9.55. The molecule has 1 aromatic rings. The average molecular weight is 351 g/mol. The first-order chi connectivity index (χ1) is 11.0. The van der Waals surface area contributed by atoms with Gasteiger partial charge >= 0.3 is 0 Å². The summed E-state index contributed by atoms with van der Waals surface area (Å²) in [5, 5.41) is 3.37. The molecule has 0 bridgehead atoms. The van der Waals surface area contributed by atoms with Crippen molar-refractivity contribution in [3.05, 3.63) is 35.4 Å². The van der Waals surface area contributed by atoms with E-state index in [1.807, 2.05) is 0 Å². The summed E-state index contributed by atoms with van der Waals surface area (Å²) in [5.41, 5.74) is 2.83. The molecule has 134 valence electrons. The topological polar surface area (TPSA) is 32.3 Å². The lowest BCUT2D eigenvalue weighted by atomic mass is 9.86. The monoisotopic (exact) mass is 350 g/mol. The van der Waals surface area contributed by atoms with E-state index in [-0.39, 0.29) is 29.8 Å². The minimum absolute atomic E-state index is 0. The number of benzene rings is 1. The van der Waals surface area contributed by atoms with Gasteiger partial charge in [-0.05, 0) is 48.8 Å². The van der Waals surface area contributed by atoms with Crippen LogP contribution in [0, 0.1) is 5.92 Å². The molecule has 2 aliphatic heterocycles. The molecule has 1 amide bonds. The van der Waals surface area contributed by atoms with E-state index in [2.05, 4.69) is 55.3 Å². The van der Waals surface area contributed by atoms with E-state index in [0.717, 1.165) is 45.3 Å². The van der Waals surface area contributed by atoms with Gasteiger partial charge < -0.3 is 10.2 Å². The molecule has 0 saturated carbocycles. The van der Waals surface area contributed by atoms with E-state index >= 15 is 0 Å². The van der Waals surface area contributed by atoms with Crippen molar-refractivity contribution in [2.24, 2.45) is 5.92 Å². The Balaban J connectivity index is 0.00000208. The zero-order valence-corrected chi connectivity index (χ0v) is 16.0. The Labute approximate surface area is 152 Å². The molecule has 2 saturated heterocycles. The lowest BCUT2D eigenvalue weighted by molar-refractivity contribution is -0.137. The van der Waals surface area contributed by atoms with E-state index in [0.29, 0.717) is 5.91 Å². The highest BCUT2D eigenvalue weighted by Gasteiger charge is 2.34. The average Bonchev–Trinajstić information content (AvgIpc) is 3.04. The maximum absolute atomic E-state index is 12.9. The summed E-state index contributed by atoms with van der Waals surface area (Å²) in [6, 6.07) is 9.21. The standard InChI is InChI=1S/C20H30N2O.ClH/c1-20(2,3)17-10-8-15(9-11-17)18-7-5-13-22(18)19(23)16-6-4-12-21-14-16;/h8-11,16,18,21H,4-7,12-14H2,1-3H3;1H. The largest absolute Gasteiger partial charge is 0.335 e. The molecule has 1 N–H and O–H groups in total. The van der Waals surface area contributed by atoms with Gasteiger partial charge in [0.2, 0.25) is 5.91 Å². The Kier molecular flexibility index (Phi) is 6.33. The first-order valence-corrected chi connectivity index (χ1v) is 9.08. The molecule has 3 rings (SSSR count). The fourth-order valence-electron chi connectivity index (χ4n) is 3.88. The lowest BCUT2D eigenvalue weighted by Crippen LogP contribution is -2.42. The van der Waals surface area contributed by atoms with Crippen molar-refractivity contribution in [1.29, 1.82) is 0 Å². The van der Waals surface area contributed by atoms with Crippen LogP contribution in [0.4, 0.5) is 0 Å². The number of carbonyl (C=O) groups excluding carboxylic acids is 1. The van der Waals surface area contributed by atoms with Crippen LogP contribution in [0.5, 0.6) is 0 Å². The molecular weight excluding hydrogens is 320 g/mol. The van der Waals surface area contributed by atoms with E-state index < -0.39 is 0 Å². The molecule has 0 aliphatic carbocycles. The van der Waals surface area contributed by atoms with Gasteiger partial charge in [-0.25, -0.2) is 0 Å². The zero-order valence-electron chi connectivity index (χ0n) is 15.2. The molecule has 2 unspecified atom stereocenters. The summed E-state index contributed by atoms with van der Waals surface area (Å²) < 4.78 is 0. The third-order valence-electron chi connectivity index (χ3n) is 5.34. The number of halogens is 1. The van der Waals surface area contributed by atoms with Gasteiger partial charge in [0.05, 0.1) is 12.0 Å². The molecule has 2 aliphatic rings. The molecule has 0 radical (unpaired) electrons. The normalized spacial score (nSPS) is 24.5. The summed E-state index contributed by atoms with van der Waals surface area (Å²) in [6.07, 6.45) is 4.38. The number of nitrogens with zero attached hydrogens (tertiary/aromatic N) is 1. The lowest BCUT2D eigenvalue weighted by Gasteiger charge is -2.31. The Hall–Kier alpha value is -1.06. The smallest absolute Gasteiger partial charge is 0.227 e. The summed E-state index contributed by atoms with van der Waals surface area (Å²) in [4.78, 5) is 15.0. The number of rotatable bonds is 2. The second-order valence-corrected chi connectivity index (χ2v) is 8.10. The van der Waals surface area contributed by atoms with E-state index in [1.165, 1.54) is 11.1 Å². The Morgan fingerprint density at radius 2 is 1.83 bits per heavy atom. The minimum atomic E-state index is 0. The molecule has 2 fully saturated rings. The van der Waals surface area contributed by atoms with E-state index in [1.54, 1.807) is 0 Å². The van der Waals surface area contributed by atoms with Crippen molar-refractivity contribution >= 4 is 18.3 Å². The highest BCUT2D eigenvalue weighted by atomic mass is 35.5. The van der Waals surface area contributed by atoms with Crippen LogP contribution in [0.3, 0.4) is 0 Å². The third kappa shape index (κ3) is 4.12. The van der Waals surface area contributed by atoms with Gasteiger partial charge in [0.1, 0.15) is 0 Å². The number of amides is 1. The molecular formula is C20H31ClN2O. The summed E-state index contributed by atoms with van der Waals surface area (Å²) in [5.74, 6) is 0.540. The SMILES string of the molecule is CC(C)(C)c1ccc(C2CCCN2C(=O)C2CCCNC2)cc1.Cl. The van der Waals surface area contributed by atoms with Crippen LogP contribution in [0.2, 0.25) is 0 Å². The first-order valence-electron chi connectivity index (χ1n) is 9.08. The number of carbonyl (C=O) groups is 1. The van der Waals surface area contributed by atoms with Gasteiger partial charge in [0, 0.05) is 13.1 Å². The quantitative estimate of drug-likeness (QED) is 0.872. The molecule has 0 spiro atoms. The van der Waals surface area contributed by atoms with Crippen molar-refractivity contribution in [2.45, 2.75) is 57.9 Å². The van der Waals surface area contributed by atoms with Gasteiger partial charge in [-0.2, -0.15) is 0 Å². The van der Waals surface area contributed by atoms with Crippen LogP contribution in [0.15, 0.2) is 24.3 Å². The molecule has 3 nitrogen and oxygen atoms in total. The van der Waals surface area contributed by atoms with Gasteiger partial charge in [-0.15, -0.1) is 12.4 Å². The molecule has 2 atom stereocenters. The third-order valence-corrected chi connectivity index (χ3v) is 5.34. The van der Waals surface area contributed by atoms with E-state index in [9.17, 15) is 4.79 Å². The predicted molar refractivity (Wildman–Crippen MR) is 102 cm³/mol. The summed E-state index contributed by atoms with van der Waals surface area (Å²) >= 11 is 0. The van der Waals surface area contributed by atoms with Gasteiger partial charge in [-0.3, -0.25) is 4.79 Å². The van der Waals surface area contributed by atoms with Crippen molar-refractivity contribution in [3.8, 4) is 0 Å². The highest BCUT2D eigenvalue weighted by molar-refractivity contribution is 5.85. The Morgan fingerprint density at radius 3 is 2.42 bits per heavy atom. The summed E-state index contributed by atoms with van der Waals surface area (Å²) in [7, 11) is 0. The second kappa shape index (κ2) is 7.88. The van der Waals surface area contributed by atoms with Crippen molar-refractivity contribution in [2.75, 3.05) is 19.6 Å². The zero-order chi connectivity index (χ0) is 16.4. The van der Waals surface area contributed by atoms with Crippen LogP contribution in [0.1, 0.15) is 63.6 Å². The number of nitrogens with one attached hydrogen (secondary N) is 1. The van der Waals surface area contributed by atoms with Crippen LogP contribution in [-0.2, 0) is 10.2 Å². The highest BCUT2D eigenvalue weighted by Crippen LogP contribution is 2.35. The van der Waals surface area contributed by atoms with Crippen LogP contribution in [0.25, 0.3) is 0 Å². The van der Waals surface area contributed by atoms with E-state index in [4.69, 9.17) is 0 Å². The van der Waals surface area contributed by atoms with Crippen molar-refractivity contribution in [3.63, 3.8) is 0 Å². The number of piperidine rings is 1. The fraction of sp³-hybridized carbons (Fsp3) is 0.650. The van der Waals surface area contributed by atoms with Crippen molar-refractivity contribution < 1.29 is 4.79 Å². The minimum Gasteiger partial charge on any atom is -0.335 e. The van der Waals surface area contributed by atoms with Gasteiger partial charge in [0.15, 0.2) is 0 Å². The molecule has 1 aromatic carbocycles. The maximum Gasteiger partial charge on any atom is 0.227 e. The molecule has 0 aromatic heterocycles. The van der Waals surface area contributed by atoms with Crippen LogP contribution >= 0.6 is 12.4 Å². The first kappa shape index (κ1) is 19.3. The fourth-order valence-corrected chi connectivity index (χ4v) is 3.88. The molecule has 4 heteroatoms. The number of hydrogen-bond acceptors (Lipinski definition) is 2. The van der Waals surface area contributed by atoms with Crippen LogP contribution in [-0.4, -0.2) is 30.4 Å². The second-order valence-electron chi connectivity index (χ2n) is 8.10. The maximum atomic E-state index is 12.9. The Morgan fingerprint density at radius 1 is 1.12 bits per heavy atom. The molecule has 24 heavy (non-hydrogen) atoms. The van der Waals surface area contributed by atoms with Gasteiger partial charge in [0.25, 0.3) is 0 Å². The number of hydrogen-bond donors (Lipinski definition) is 1. The predicted octanol–water partition coefficient (Wildman–Crippen LogP) is 4.07. The van der Waals surface area contributed by atoms with Crippen molar-refractivity contribution in [1.82, 2.24) is 10.2 Å². The van der Waals surface area contributed by atoms with Gasteiger partial charge in [-0.1, -0.05) is 45.0 Å². The molecule has 2 heterocycles.